The van der Waals surface area contributed by atoms with Crippen molar-refractivity contribution in [3.63, 3.8) is 0 Å². The first-order valence-electron chi connectivity index (χ1n) is 13.4. The van der Waals surface area contributed by atoms with E-state index in [1.54, 1.807) is 0 Å². The largest absolute Gasteiger partial charge is 0.356 e. The van der Waals surface area contributed by atoms with Crippen LogP contribution in [-0.4, -0.2) is 31.2 Å². The molecule has 0 aliphatic carbocycles. The fourth-order valence-electron chi connectivity index (χ4n) is 5.75. The Labute approximate surface area is 227 Å². The molecule has 1 aliphatic rings. The molecule has 3 heterocycles. The van der Waals surface area contributed by atoms with E-state index in [1.807, 2.05) is 33.9 Å². The monoisotopic (exact) mass is 510 g/mol. The molecule has 6 heteroatoms. The molecule has 7 rings (SSSR count). The van der Waals surface area contributed by atoms with Gasteiger partial charge in [-0.05, 0) is 54.2 Å². The summed E-state index contributed by atoms with van der Waals surface area (Å²) in [6.07, 6.45) is 8.22. The number of aromatic nitrogens is 5. The third kappa shape index (κ3) is 4.04. The summed E-state index contributed by atoms with van der Waals surface area (Å²) in [6, 6.07) is 37.7. The van der Waals surface area contributed by atoms with Crippen LogP contribution in [0.3, 0.4) is 0 Å². The van der Waals surface area contributed by atoms with E-state index in [0.717, 1.165) is 59.0 Å². The zero-order chi connectivity index (χ0) is 26.1. The molecule has 0 amide bonds. The molecule has 6 aromatic rings. The van der Waals surface area contributed by atoms with E-state index in [9.17, 15) is 0 Å². The molecule has 0 bridgehead atoms. The Morgan fingerprint density at radius 1 is 0.769 bits per heavy atom. The van der Waals surface area contributed by atoms with Crippen molar-refractivity contribution >= 4 is 10.9 Å². The number of hydrogen-bond donors (Lipinski definition) is 0. The predicted molar refractivity (Wildman–Crippen MR) is 151 cm³/mol. The van der Waals surface area contributed by atoms with Gasteiger partial charge in [0.15, 0.2) is 12.1 Å². The Bertz CT molecular complexity index is 1590. The Kier molecular flexibility index (Phi) is 6.02. The summed E-state index contributed by atoms with van der Waals surface area (Å²) < 4.78 is 9.91. The lowest BCUT2D eigenvalue weighted by molar-refractivity contribution is -0.0367. The molecule has 0 N–H and O–H groups in total. The maximum absolute atomic E-state index is 5.96. The van der Waals surface area contributed by atoms with Crippen molar-refractivity contribution in [1.29, 1.82) is 0 Å². The summed E-state index contributed by atoms with van der Waals surface area (Å²) in [7, 11) is 0. The standard InChI is InChI=1S/C33H28N5O/c1-4-12-27(13-5-1)33(28-14-6-2-7-15-28,29-16-8-3-9-17-29)37-24-34-32(36-37)25-19-20-30-26(22-25)23-35-38(30)31-18-10-11-21-39-31/h1-9,12-17,19-20,22,24,31H,10-11,18,21H2. The fourth-order valence-corrected chi connectivity index (χ4v) is 5.75. The molecule has 191 valence electrons. The van der Waals surface area contributed by atoms with Gasteiger partial charge in [-0.1, -0.05) is 91.0 Å². The second-order valence-electron chi connectivity index (χ2n) is 9.93. The second kappa shape index (κ2) is 9.97. The molecule has 1 aliphatic heterocycles. The van der Waals surface area contributed by atoms with E-state index >= 15 is 0 Å². The van der Waals surface area contributed by atoms with E-state index in [2.05, 4.69) is 102 Å². The molecule has 0 saturated carbocycles. The molecule has 1 unspecified atom stereocenters. The first-order valence-corrected chi connectivity index (χ1v) is 13.4. The molecule has 4 aromatic carbocycles. The van der Waals surface area contributed by atoms with Crippen LogP contribution in [0.15, 0.2) is 116 Å². The van der Waals surface area contributed by atoms with Crippen molar-refractivity contribution < 1.29 is 4.74 Å². The summed E-state index contributed by atoms with van der Waals surface area (Å²) >= 11 is 0. The average Bonchev–Trinajstić information content (AvgIpc) is 3.68. The minimum Gasteiger partial charge on any atom is -0.356 e. The molecule has 1 radical (unpaired) electrons. The highest BCUT2D eigenvalue weighted by Crippen LogP contribution is 2.40. The lowest BCUT2D eigenvalue weighted by Gasteiger charge is -2.35. The maximum Gasteiger partial charge on any atom is 0.181 e. The Hall–Kier alpha value is -4.55. The van der Waals surface area contributed by atoms with Gasteiger partial charge in [-0.3, -0.25) is 0 Å². The minimum absolute atomic E-state index is 0.0288. The van der Waals surface area contributed by atoms with Gasteiger partial charge in [-0.25, -0.2) is 14.3 Å². The summed E-state index contributed by atoms with van der Waals surface area (Å²) in [5, 5.41) is 10.6. The molecular weight excluding hydrogens is 482 g/mol. The van der Waals surface area contributed by atoms with Crippen molar-refractivity contribution in [2.45, 2.75) is 31.0 Å². The minimum atomic E-state index is -0.700. The normalized spacial score (nSPS) is 15.9. The molecule has 2 aromatic heterocycles. The molecular formula is C33H28N5O. The fraction of sp³-hybridized carbons (Fsp3) is 0.182. The highest BCUT2D eigenvalue weighted by Gasteiger charge is 2.39. The number of fused-ring (bicyclic) bond motifs is 1. The van der Waals surface area contributed by atoms with Crippen molar-refractivity contribution in [3.05, 3.63) is 138 Å². The van der Waals surface area contributed by atoms with Crippen LogP contribution in [-0.2, 0) is 10.3 Å². The van der Waals surface area contributed by atoms with Crippen molar-refractivity contribution in [3.8, 4) is 11.4 Å². The van der Waals surface area contributed by atoms with Gasteiger partial charge >= 0.3 is 0 Å². The number of nitrogens with zero attached hydrogens (tertiary/aromatic N) is 5. The zero-order valence-electron chi connectivity index (χ0n) is 21.5. The average molecular weight is 511 g/mol. The van der Waals surface area contributed by atoms with Crippen molar-refractivity contribution in [2.75, 3.05) is 6.61 Å². The van der Waals surface area contributed by atoms with Gasteiger partial charge in [0.2, 0.25) is 0 Å². The van der Waals surface area contributed by atoms with Crippen molar-refractivity contribution in [2.24, 2.45) is 0 Å². The molecule has 39 heavy (non-hydrogen) atoms. The van der Waals surface area contributed by atoms with E-state index in [4.69, 9.17) is 14.8 Å². The maximum atomic E-state index is 5.96. The summed E-state index contributed by atoms with van der Waals surface area (Å²) in [6.45, 7) is 0.775. The second-order valence-corrected chi connectivity index (χ2v) is 9.93. The van der Waals surface area contributed by atoms with Crippen molar-refractivity contribution in [1.82, 2.24) is 24.5 Å². The summed E-state index contributed by atoms with van der Waals surface area (Å²) in [4.78, 5) is 4.82. The van der Waals surface area contributed by atoms with E-state index in [-0.39, 0.29) is 6.23 Å². The first kappa shape index (κ1) is 23.6. The van der Waals surface area contributed by atoms with E-state index < -0.39 is 5.54 Å². The van der Waals surface area contributed by atoms with Gasteiger partial charge in [0.25, 0.3) is 0 Å². The quantitative estimate of drug-likeness (QED) is 0.236. The van der Waals surface area contributed by atoms with Crippen LogP contribution in [0.5, 0.6) is 0 Å². The number of rotatable bonds is 6. The molecule has 1 saturated heterocycles. The predicted octanol–water partition coefficient (Wildman–Crippen LogP) is 6.63. The van der Waals surface area contributed by atoms with Crippen LogP contribution in [0.2, 0.25) is 0 Å². The van der Waals surface area contributed by atoms with Gasteiger partial charge in [0.05, 0.1) is 5.52 Å². The highest BCUT2D eigenvalue weighted by molar-refractivity contribution is 5.83. The lowest BCUT2D eigenvalue weighted by atomic mass is 9.77. The van der Waals surface area contributed by atoms with Crippen LogP contribution in [0.1, 0.15) is 42.2 Å². The SMILES string of the molecule is [c]1nn(C2CCCCO2)c2ccc(-c3ncn(C(c4ccccc4)(c4ccccc4)c4ccccc4)n3)cc12. The molecule has 1 fully saturated rings. The number of benzene rings is 4. The van der Waals surface area contributed by atoms with Crippen LogP contribution < -0.4 is 0 Å². The zero-order valence-corrected chi connectivity index (χ0v) is 21.5. The topological polar surface area (TPSA) is 57.8 Å². The van der Waals surface area contributed by atoms with Gasteiger partial charge in [0, 0.05) is 17.6 Å². The summed E-state index contributed by atoms with van der Waals surface area (Å²) in [5.74, 6) is 0.652. The Morgan fingerprint density at radius 2 is 1.41 bits per heavy atom. The first-order chi connectivity index (χ1) is 19.3. The van der Waals surface area contributed by atoms with Crippen LogP contribution in [0.4, 0.5) is 0 Å². The van der Waals surface area contributed by atoms with E-state index in [1.165, 1.54) is 0 Å². The van der Waals surface area contributed by atoms with E-state index in [0.29, 0.717) is 5.82 Å². The van der Waals surface area contributed by atoms with Crippen LogP contribution in [0.25, 0.3) is 22.3 Å². The molecule has 6 nitrogen and oxygen atoms in total. The smallest absolute Gasteiger partial charge is 0.181 e. The van der Waals surface area contributed by atoms with Gasteiger partial charge in [0.1, 0.15) is 18.1 Å². The molecule has 0 spiro atoms. The number of hydrogen-bond acceptors (Lipinski definition) is 4. The third-order valence-corrected chi connectivity index (χ3v) is 7.62. The summed E-state index contributed by atoms with van der Waals surface area (Å²) in [5.41, 5.74) is 4.56. The van der Waals surface area contributed by atoms with Gasteiger partial charge in [-0.15, -0.1) is 5.10 Å². The highest BCUT2D eigenvalue weighted by atomic mass is 16.5. The third-order valence-electron chi connectivity index (χ3n) is 7.62. The Balaban J connectivity index is 1.36. The van der Waals surface area contributed by atoms with Crippen LogP contribution in [0, 0.1) is 6.20 Å². The lowest BCUT2D eigenvalue weighted by Crippen LogP contribution is -2.38. The number of ether oxygens (including phenoxy) is 1. The Morgan fingerprint density at radius 3 is 2.00 bits per heavy atom. The van der Waals surface area contributed by atoms with Gasteiger partial charge < -0.3 is 4.74 Å². The van der Waals surface area contributed by atoms with Crippen LogP contribution >= 0.6 is 0 Å². The molecule has 1 atom stereocenters. The van der Waals surface area contributed by atoms with Gasteiger partial charge in [-0.2, -0.15) is 5.10 Å².